The zero-order valence-electron chi connectivity index (χ0n) is 21.1. The van der Waals surface area contributed by atoms with Crippen LogP contribution in [-0.2, 0) is 0 Å². The van der Waals surface area contributed by atoms with Gasteiger partial charge in [0.1, 0.15) is 11.5 Å². The Kier molecular flexibility index (Phi) is 9.57. The molecule has 4 rings (SSSR count). The van der Waals surface area contributed by atoms with Crippen molar-refractivity contribution in [3.8, 4) is 11.5 Å². The van der Waals surface area contributed by atoms with Gasteiger partial charge in [-0.15, -0.1) is 0 Å². The standard InChI is InChI=1S/C14H14ClN3O.C14H15N3O/c1-9-7-12(16)14(19-2)8-13(9)18-17-11-5-3-10(15)4-6-11;1-10-8-12(15)14(18-2)9-13(10)17-16-11-6-4-3-5-7-11/h3-8H,16H2,1-2H3;3-9H,15H2,1-2H3. The predicted octanol–water partition coefficient (Wildman–Crippen LogP) is 8.66. The van der Waals surface area contributed by atoms with Gasteiger partial charge in [-0.05, 0) is 73.5 Å². The summed E-state index contributed by atoms with van der Waals surface area (Å²) in [6.07, 6.45) is 0. The average Bonchev–Trinajstić information content (AvgIpc) is 2.90. The Morgan fingerprint density at radius 3 is 1.46 bits per heavy atom. The van der Waals surface area contributed by atoms with E-state index in [0.29, 0.717) is 27.9 Å². The predicted molar refractivity (Wildman–Crippen MR) is 151 cm³/mol. The highest BCUT2D eigenvalue weighted by Gasteiger charge is 2.06. The van der Waals surface area contributed by atoms with Gasteiger partial charge >= 0.3 is 0 Å². The fraction of sp³-hybridized carbons (Fsp3) is 0.143. The largest absolute Gasteiger partial charge is 0.495 e. The molecule has 8 nitrogen and oxygen atoms in total. The second-order valence-corrected chi connectivity index (χ2v) is 8.41. The lowest BCUT2D eigenvalue weighted by molar-refractivity contribution is 0.417. The number of nitrogen functional groups attached to an aromatic ring is 2. The molecule has 0 aliphatic heterocycles. The van der Waals surface area contributed by atoms with Crippen LogP contribution in [0, 0.1) is 13.8 Å². The second kappa shape index (κ2) is 13.0. The molecule has 0 saturated carbocycles. The van der Waals surface area contributed by atoms with E-state index in [0.717, 1.165) is 33.9 Å². The summed E-state index contributed by atoms with van der Waals surface area (Å²) in [7, 11) is 3.15. The number of nitrogens with zero attached hydrogens (tertiary/aromatic N) is 4. The number of benzene rings is 4. The van der Waals surface area contributed by atoms with Crippen molar-refractivity contribution < 1.29 is 9.47 Å². The number of hydrogen-bond acceptors (Lipinski definition) is 8. The van der Waals surface area contributed by atoms with Crippen molar-refractivity contribution in [3.05, 3.63) is 95.0 Å². The van der Waals surface area contributed by atoms with Gasteiger partial charge in [-0.2, -0.15) is 20.5 Å². The summed E-state index contributed by atoms with van der Waals surface area (Å²) < 4.78 is 10.3. The van der Waals surface area contributed by atoms with Crippen molar-refractivity contribution in [1.82, 2.24) is 0 Å². The first-order valence-corrected chi connectivity index (χ1v) is 11.7. The third kappa shape index (κ3) is 7.78. The topological polar surface area (TPSA) is 120 Å². The minimum Gasteiger partial charge on any atom is -0.495 e. The smallest absolute Gasteiger partial charge is 0.143 e. The van der Waals surface area contributed by atoms with Crippen LogP contribution in [0.2, 0.25) is 5.02 Å². The molecule has 0 aliphatic carbocycles. The first kappa shape index (κ1) is 27.2. The third-order valence-electron chi connectivity index (χ3n) is 5.23. The Hall–Kier alpha value is -4.43. The SMILES string of the molecule is COc1cc(N=Nc2ccc(Cl)cc2)c(C)cc1N.COc1cc(N=Nc2ccccc2)c(C)cc1N. The van der Waals surface area contributed by atoms with Crippen molar-refractivity contribution in [1.29, 1.82) is 0 Å². The molecule has 4 aromatic carbocycles. The van der Waals surface area contributed by atoms with Crippen LogP contribution in [0.25, 0.3) is 0 Å². The van der Waals surface area contributed by atoms with E-state index in [1.165, 1.54) is 0 Å². The number of hydrogen-bond donors (Lipinski definition) is 2. The van der Waals surface area contributed by atoms with Gasteiger partial charge < -0.3 is 20.9 Å². The first-order chi connectivity index (χ1) is 17.8. The van der Waals surface area contributed by atoms with Gasteiger partial charge in [-0.25, -0.2) is 0 Å². The van der Waals surface area contributed by atoms with Crippen molar-refractivity contribution in [2.24, 2.45) is 20.5 Å². The molecule has 0 bridgehead atoms. The van der Waals surface area contributed by atoms with E-state index in [1.807, 2.05) is 56.3 Å². The number of halogens is 1. The Morgan fingerprint density at radius 2 is 1.03 bits per heavy atom. The molecule has 0 heterocycles. The van der Waals surface area contributed by atoms with Gasteiger partial charge in [0.25, 0.3) is 0 Å². The van der Waals surface area contributed by atoms with Crippen LogP contribution in [0.4, 0.5) is 34.1 Å². The number of methoxy groups -OCH3 is 2. The third-order valence-corrected chi connectivity index (χ3v) is 5.48. The molecule has 9 heteroatoms. The molecule has 0 radical (unpaired) electrons. The van der Waals surface area contributed by atoms with E-state index < -0.39 is 0 Å². The lowest BCUT2D eigenvalue weighted by Crippen LogP contribution is -1.92. The maximum atomic E-state index is 5.81. The molecular weight excluding hydrogens is 488 g/mol. The summed E-state index contributed by atoms with van der Waals surface area (Å²) in [5, 5.41) is 17.4. The van der Waals surface area contributed by atoms with Crippen LogP contribution >= 0.6 is 11.6 Å². The number of aryl methyl sites for hydroxylation is 2. The van der Waals surface area contributed by atoms with Gasteiger partial charge in [0.2, 0.25) is 0 Å². The second-order valence-electron chi connectivity index (χ2n) is 7.97. The van der Waals surface area contributed by atoms with E-state index in [9.17, 15) is 0 Å². The van der Waals surface area contributed by atoms with Crippen molar-refractivity contribution in [2.75, 3.05) is 25.7 Å². The molecule has 0 saturated heterocycles. The molecule has 0 spiro atoms. The highest BCUT2D eigenvalue weighted by atomic mass is 35.5. The molecule has 0 amide bonds. The highest BCUT2D eigenvalue weighted by molar-refractivity contribution is 6.30. The molecule has 0 fully saturated rings. The normalized spacial score (nSPS) is 10.8. The van der Waals surface area contributed by atoms with Gasteiger partial charge in [0, 0.05) is 17.2 Å². The molecule has 0 unspecified atom stereocenters. The van der Waals surface area contributed by atoms with Gasteiger partial charge in [-0.3, -0.25) is 0 Å². The summed E-state index contributed by atoms with van der Waals surface area (Å²) in [6, 6.07) is 23.9. The summed E-state index contributed by atoms with van der Waals surface area (Å²) in [5.74, 6) is 1.21. The van der Waals surface area contributed by atoms with E-state index in [2.05, 4.69) is 20.5 Å². The summed E-state index contributed by atoms with van der Waals surface area (Å²) in [6.45, 7) is 3.86. The van der Waals surface area contributed by atoms with Gasteiger partial charge in [0.15, 0.2) is 0 Å². The number of ether oxygens (including phenoxy) is 2. The van der Waals surface area contributed by atoms with Crippen molar-refractivity contribution >= 4 is 45.7 Å². The maximum Gasteiger partial charge on any atom is 0.143 e. The van der Waals surface area contributed by atoms with E-state index >= 15 is 0 Å². The molecule has 0 aliphatic rings. The number of anilines is 2. The summed E-state index contributed by atoms with van der Waals surface area (Å²) >= 11 is 5.81. The number of nitrogens with two attached hydrogens (primary N) is 2. The fourth-order valence-electron chi connectivity index (χ4n) is 3.19. The zero-order valence-corrected chi connectivity index (χ0v) is 21.9. The Morgan fingerprint density at radius 1 is 0.595 bits per heavy atom. The molecule has 0 aromatic heterocycles. The van der Waals surface area contributed by atoms with Crippen LogP contribution in [0.1, 0.15) is 11.1 Å². The first-order valence-electron chi connectivity index (χ1n) is 11.3. The molecule has 4 N–H and O–H groups in total. The minimum atomic E-state index is 0.588. The Bertz CT molecular complexity index is 1390. The maximum absolute atomic E-state index is 5.81. The summed E-state index contributed by atoms with van der Waals surface area (Å²) in [4.78, 5) is 0. The fourth-order valence-corrected chi connectivity index (χ4v) is 3.32. The van der Waals surface area contributed by atoms with Crippen LogP contribution in [-0.4, -0.2) is 14.2 Å². The van der Waals surface area contributed by atoms with Crippen molar-refractivity contribution in [2.45, 2.75) is 13.8 Å². The highest BCUT2D eigenvalue weighted by Crippen LogP contribution is 2.33. The van der Waals surface area contributed by atoms with Gasteiger partial charge in [-0.1, -0.05) is 29.8 Å². The Balaban J connectivity index is 0.000000206. The number of rotatable bonds is 6. The van der Waals surface area contributed by atoms with Crippen LogP contribution in [0.3, 0.4) is 0 Å². The molecule has 190 valence electrons. The number of azo groups is 2. The van der Waals surface area contributed by atoms with Crippen LogP contribution in [0.15, 0.2) is 99.3 Å². The van der Waals surface area contributed by atoms with E-state index in [4.69, 9.17) is 32.5 Å². The summed E-state index contributed by atoms with van der Waals surface area (Å²) in [5.41, 5.74) is 17.7. The van der Waals surface area contributed by atoms with Crippen LogP contribution in [0.5, 0.6) is 11.5 Å². The molecule has 37 heavy (non-hydrogen) atoms. The Labute approximate surface area is 221 Å². The molecule has 0 atom stereocenters. The van der Waals surface area contributed by atoms with E-state index in [-0.39, 0.29) is 0 Å². The van der Waals surface area contributed by atoms with E-state index in [1.54, 1.807) is 50.6 Å². The van der Waals surface area contributed by atoms with Crippen LogP contribution < -0.4 is 20.9 Å². The average molecular weight is 517 g/mol. The van der Waals surface area contributed by atoms with Gasteiger partial charge in [0.05, 0.1) is 48.3 Å². The quantitative estimate of drug-likeness (QED) is 0.196. The minimum absolute atomic E-state index is 0.588. The zero-order chi connectivity index (χ0) is 26.8. The lowest BCUT2D eigenvalue weighted by Gasteiger charge is -2.07. The molecular formula is C28H29ClN6O2. The lowest BCUT2D eigenvalue weighted by atomic mass is 10.1. The molecule has 4 aromatic rings. The van der Waals surface area contributed by atoms with Crippen molar-refractivity contribution in [3.63, 3.8) is 0 Å². The monoisotopic (exact) mass is 516 g/mol.